The molecule has 0 aliphatic heterocycles. The molecule has 0 bridgehead atoms. The van der Waals surface area contributed by atoms with Crippen molar-refractivity contribution in [2.75, 3.05) is 13.1 Å². The summed E-state index contributed by atoms with van der Waals surface area (Å²) in [5, 5.41) is 8.92. The van der Waals surface area contributed by atoms with Crippen LogP contribution in [0, 0.1) is 18.8 Å². The fraction of sp³-hybridized carbons (Fsp3) is 0.750. The quantitative estimate of drug-likeness (QED) is 0.479. The number of nitrogens with two attached hydrogens (primary N) is 2. The molecule has 4 N–H and O–H groups in total. The van der Waals surface area contributed by atoms with E-state index >= 15 is 0 Å². The lowest BCUT2D eigenvalue weighted by molar-refractivity contribution is 0.127. The van der Waals surface area contributed by atoms with Crippen LogP contribution < -0.4 is 11.5 Å². The standard InChI is InChI=1S/C24H44N6/c1-6-11-21(25)19(8-3)15-29(16-20(9-4)22(26)12-7-2)17-30-23-14-10-13-18(5)24(23)27-28-30/h10,13-14,19-22H,6-9,11-12,15-17,25-26H2,1-5H3. The van der Waals surface area contributed by atoms with Crippen molar-refractivity contribution in [2.45, 2.75) is 91.9 Å². The molecule has 4 atom stereocenters. The lowest BCUT2D eigenvalue weighted by Crippen LogP contribution is -2.44. The maximum atomic E-state index is 6.56. The Balaban J connectivity index is 2.25. The van der Waals surface area contributed by atoms with E-state index in [0.717, 1.165) is 74.9 Å². The maximum absolute atomic E-state index is 6.56. The Morgan fingerprint density at radius 3 is 2.00 bits per heavy atom. The van der Waals surface area contributed by atoms with Crippen LogP contribution in [0.4, 0.5) is 0 Å². The fourth-order valence-corrected chi connectivity index (χ4v) is 4.55. The van der Waals surface area contributed by atoms with Crippen molar-refractivity contribution in [3.05, 3.63) is 23.8 Å². The Kier molecular flexibility index (Phi) is 10.2. The van der Waals surface area contributed by atoms with Gasteiger partial charge in [-0.1, -0.05) is 70.7 Å². The van der Waals surface area contributed by atoms with Crippen LogP contribution in [-0.2, 0) is 6.67 Å². The molecule has 30 heavy (non-hydrogen) atoms. The van der Waals surface area contributed by atoms with Gasteiger partial charge in [0.1, 0.15) is 5.52 Å². The van der Waals surface area contributed by atoms with Crippen molar-refractivity contribution < 1.29 is 0 Å². The Morgan fingerprint density at radius 1 is 0.933 bits per heavy atom. The van der Waals surface area contributed by atoms with Crippen molar-refractivity contribution in [1.29, 1.82) is 0 Å². The summed E-state index contributed by atoms with van der Waals surface area (Å²) < 4.78 is 2.04. The topological polar surface area (TPSA) is 86.0 Å². The Bertz CT molecular complexity index is 720. The van der Waals surface area contributed by atoms with Gasteiger partial charge in [0.25, 0.3) is 0 Å². The molecule has 0 spiro atoms. The highest BCUT2D eigenvalue weighted by molar-refractivity contribution is 5.77. The molecule has 0 radical (unpaired) electrons. The van der Waals surface area contributed by atoms with Crippen molar-refractivity contribution in [1.82, 2.24) is 19.9 Å². The Hall–Kier alpha value is -1.50. The zero-order valence-electron chi connectivity index (χ0n) is 19.8. The Labute approximate surface area is 183 Å². The second kappa shape index (κ2) is 12.4. The number of nitrogens with zero attached hydrogens (tertiary/aromatic N) is 4. The summed E-state index contributed by atoms with van der Waals surface area (Å²) in [6.45, 7) is 13.7. The summed E-state index contributed by atoms with van der Waals surface area (Å²) in [6.07, 6.45) is 6.58. The molecular formula is C24H44N6. The van der Waals surface area contributed by atoms with Gasteiger partial charge in [0.15, 0.2) is 0 Å². The second-order valence-corrected chi connectivity index (χ2v) is 8.95. The van der Waals surface area contributed by atoms with E-state index in [-0.39, 0.29) is 12.1 Å². The minimum absolute atomic E-state index is 0.238. The normalized spacial score (nSPS) is 16.1. The van der Waals surface area contributed by atoms with E-state index in [2.05, 4.69) is 68.0 Å². The van der Waals surface area contributed by atoms with E-state index < -0.39 is 0 Å². The van der Waals surface area contributed by atoms with Crippen LogP contribution in [-0.4, -0.2) is 45.1 Å². The largest absolute Gasteiger partial charge is 0.327 e. The van der Waals surface area contributed by atoms with Gasteiger partial charge in [-0.25, -0.2) is 4.68 Å². The Morgan fingerprint density at radius 2 is 1.50 bits per heavy atom. The minimum atomic E-state index is 0.238. The number of benzene rings is 1. The van der Waals surface area contributed by atoms with E-state index in [9.17, 15) is 0 Å². The average Bonchev–Trinajstić information content (AvgIpc) is 3.14. The first-order chi connectivity index (χ1) is 14.4. The summed E-state index contributed by atoms with van der Waals surface area (Å²) in [4.78, 5) is 2.52. The van der Waals surface area contributed by atoms with Gasteiger partial charge in [-0.15, -0.1) is 5.10 Å². The molecule has 0 saturated heterocycles. The van der Waals surface area contributed by atoms with E-state index in [0.29, 0.717) is 11.8 Å². The van der Waals surface area contributed by atoms with E-state index in [4.69, 9.17) is 11.5 Å². The van der Waals surface area contributed by atoms with Crippen molar-refractivity contribution in [2.24, 2.45) is 23.3 Å². The fourth-order valence-electron chi connectivity index (χ4n) is 4.55. The van der Waals surface area contributed by atoms with Crippen molar-refractivity contribution in [3.63, 3.8) is 0 Å². The van der Waals surface area contributed by atoms with Crippen molar-refractivity contribution in [3.8, 4) is 0 Å². The lowest BCUT2D eigenvalue weighted by Gasteiger charge is -2.34. The van der Waals surface area contributed by atoms with Gasteiger partial charge in [-0.2, -0.15) is 0 Å². The molecule has 1 aromatic carbocycles. The monoisotopic (exact) mass is 416 g/mol. The van der Waals surface area contributed by atoms with Crippen LogP contribution in [0.15, 0.2) is 18.2 Å². The van der Waals surface area contributed by atoms with Gasteiger partial charge < -0.3 is 11.5 Å². The number of hydrogen-bond donors (Lipinski definition) is 2. The summed E-state index contributed by atoms with van der Waals surface area (Å²) >= 11 is 0. The van der Waals surface area contributed by atoms with E-state index in [1.165, 1.54) is 0 Å². The molecule has 0 fully saturated rings. The van der Waals surface area contributed by atoms with Gasteiger partial charge in [0, 0.05) is 25.2 Å². The summed E-state index contributed by atoms with van der Waals surface area (Å²) in [5.41, 5.74) is 16.4. The molecule has 2 aromatic rings. The number of aromatic nitrogens is 3. The molecule has 170 valence electrons. The molecule has 0 aliphatic rings. The van der Waals surface area contributed by atoms with Crippen LogP contribution in [0.5, 0.6) is 0 Å². The molecular weight excluding hydrogens is 372 g/mol. The third kappa shape index (κ3) is 6.50. The zero-order chi connectivity index (χ0) is 22.1. The minimum Gasteiger partial charge on any atom is -0.327 e. The lowest BCUT2D eigenvalue weighted by atomic mass is 9.91. The maximum Gasteiger partial charge on any atom is 0.116 e. The number of aryl methyl sites for hydroxylation is 1. The third-order valence-electron chi connectivity index (χ3n) is 6.57. The molecule has 1 aromatic heterocycles. The molecule has 2 rings (SSSR count). The number of hydrogen-bond acceptors (Lipinski definition) is 5. The first kappa shape index (κ1) is 24.8. The van der Waals surface area contributed by atoms with Crippen LogP contribution in [0.25, 0.3) is 11.0 Å². The average molecular weight is 417 g/mol. The number of fused-ring (bicyclic) bond motifs is 1. The molecule has 4 unspecified atom stereocenters. The highest BCUT2D eigenvalue weighted by Gasteiger charge is 2.24. The van der Waals surface area contributed by atoms with Gasteiger partial charge in [-0.05, 0) is 43.2 Å². The molecule has 0 amide bonds. The molecule has 6 heteroatoms. The zero-order valence-corrected chi connectivity index (χ0v) is 19.8. The van der Waals surface area contributed by atoms with E-state index in [1.807, 2.05) is 4.68 Å². The highest BCUT2D eigenvalue weighted by atomic mass is 15.5. The van der Waals surface area contributed by atoms with E-state index in [1.54, 1.807) is 0 Å². The molecule has 1 heterocycles. The predicted octanol–water partition coefficient (Wildman–Crippen LogP) is 4.31. The number of rotatable bonds is 14. The highest BCUT2D eigenvalue weighted by Crippen LogP contribution is 2.21. The van der Waals surface area contributed by atoms with Crippen LogP contribution in [0.1, 0.15) is 71.8 Å². The summed E-state index contributed by atoms with van der Waals surface area (Å²) in [7, 11) is 0. The van der Waals surface area contributed by atoms with Gasteiger partial charge in [-0.3, -0.25) is 4.90 Å². The summed E-state index contributed by atoms with van der Waals surface area (Å²) in [5.74, 6) is 0.947. The van der Waals surface area contributed by atoms with Crippen LogP contribution in [0.3, 0.4) is 0 Å². The van der Waals surface area contributed by atoms with Crippen LogP contribution >= 0.6 is 0 Å². The first-order valence-corrected chi connectivity index (χ1v) is 12.0. The predicted molar refractivity (Wildman–Crippen MR) is 127 cm³/mol. The van der Waals surface area contributed by atoms with Gasteiger partial charge >= 0.3 is 0 Å². The molecule has 0 aliphatic carbocycles. The molecule has 6 nitrogen and oxygen atoms in total. The molecule has 0 saturated carbocycles. The van der Waals surface area contributed by atoms with Crippen molar-refractivity contribution >= 4 is 11.0 Å². The SMILES string of the molecule is CCCC(N)C(CC)CN(CC(CC)C(N)CCC)Cn1nnc2c(C)cccc21. The van der Waals surface area contributed by atoms with Crippen LogP contribution in [0.2, 0.25) is 0 Å². The van der Waals surface area contributed by atoms with Gasteiger partial charge in [0.05, 0.1) is 12.2 Å². The van der Waals surface area contributed by atoms with Gasteiger partial charge in [0.2, 0.25) is 0 Å². The smallest absolute Gasteiger partial charge is 0.116 e. The second-order valence-electron chi connectivity index (χ2n) is 8.95. The third-order valence-corrected chi connectivity index (χ3v) is 6.57. The first-order valence-electron chi connectivity index (χ1n) is 12.0. The summed E-state index contributed by atoms with van der Waals surface area (Å²) in [6, 6.07) is 6.76.